The highest BCUT2D eigenvalue weighted by Crippen LogP contribution is 2.20. The second kappa shape index (κ2) is 3.80. The first kappa shape index (κ1) is 9.21. The maximum Gasteiger partial charge on any atom is 0.0878 e. The van der Waals surface area contributed by atoms with Crippen LogP contribution in [0, 0.1) is 0 Å². The topological polar surface area (TPSA) is 54.7 Å². The number of fused-ring (bicyclic) bond motifs is 1. The standard InChI is InChI=1S/C11H15N3/c1-8(2-4-12)9-6-11-10(14-7-9)3-5-13-11/h3,5-8,13H,2,4,12H2,1H3. The Hall–Kier alpha value is -1.35. The SMILES string of the molecule is CC(CCN)c1cnc2cc[nH]c2c1. The van der Waals surface area contributed by atoms with Gasteiger partial charge in [0.1, 0.15) is 0 Å². The van der Waals surface area contributed by atoms with Crippen LogP contribution in [0.3, 0.4) is 0 Å². The normalized spacial score (nSPS) is 13.3. The molecule has 3 heteroatoms. The fourth-order valence-electron chi connectivity index (χ4n) is 1.64. The van der Waals surface area contributed by atoms with Crippen molar-refractivity contribution < 1.29 is 0 Å². The van der Waals surface area contributed by atoms with E-state index in [9.17, 15) is 0 Å². The van der Waals surface area contributed by atoms with Crippen LogP contribution in [0.15, 0.2) is 24.5 Å². The molecule has 0 spiro atoms. The first-order chi connectivity index (χ1) is 6.81. The number of rotatable bonds is 3. The molecule has 0 saturated carbocycles. The summed E-state index contributed by atoms with van der Waals surface area (Å²) in [6, 6.07) is 4.13. The molecule has 14 heavy (non-hydrogen) atoms. The first-order valence-electron chi connectivity index (χ1n) is 4.94. The second-order valence-corrected chi connectivity index (χ2v) is 3.66. The summed E-state index contributed by atoms with van der Waals surface area (Å²) in [4.78, 5) is 7.54. The van der Waals surface area contributed by atoms with Crippen molar-refractivity contribution in [3.05, 3.63) is 30.1 Å². The van der Waals surface area contributed by atoms with Crippen molar-refractivity contribution >= 4 is 11.0 Å². The first-order valence-corrected chi connectivity index (χ1v) is 4.94. The number of H-pyrrole nitrogens is 1. The largest absolute Gasteiger partial charge is 0.360 e. The number of nitrogens with one attached hydrogen (secondary N) is 1. The van der Waals surface area contributed by atoms with E-state index in [0.29, 0.717) is 5.92 Å². The maximum atomic E-state index is 5.53. The Kier molecular flexibility index (Phi) is 2.50. The van der Waals surface area contributed by atoms with Crippen LogP contribution in [0.25, 0.3) is 11.0 Å². The predicted molar refractivity (Wildman–Crippen MR) is 58.2 cm³/mol. The Labute approximate surface area is 83.3 Å². The number of nitrogens with two attached hydrogens (primary N) is 1. The van der Waals surface area contributed by atoms with E-state index in [1.165, 1.54) is 5.56 Å². The van der Waals surface area contributed by atoms with Gasteiger partial charge in [0, 0.05) is 12.4 Å². The highest BCUT2D eigenvalue weighted by Gasteiger charge is 2.06. The summed E-state index contributed by atoms with van der Waals surface area (Å²) in [5.74, 6) is 0.486. The van der Waals surface area contributed by atoms with Crippen molar-refractivity contribution in [2.45, 2.75) is 19.3 Å². The molecule has 1 atom stereocenters. The van der Waals surface area contributed by atoms with E-state index in [-0.39, 0.29) is 0 Å². The number of aromatic amines is 1. The zero-order chi connectivity index (χ0) is 9.97. The summed E-state index contributed by atoms with van der Waals surface area (Å²) in [5.41, 5.74) is 8.91. The molecule has 1 unspecified atom stereocenters. The average molecular weight is 189 g/mol. The molecule has 2 aromatic heterocycles. The van der Waals surface area contributed by atoms with Gasteiger partial charge in [0.15, 0.2) is 0 Å². The Morgan fingerprint density at radius 1 is 1.57 bits per heavy atom. The molecule has 2 aromatic rings. The van der Waals surface area contributed by atoms with Crippen LogP contribution in [0.1, 0.15) is 24.8 Å². The molecule has 0 fully saturated rings. The number of hydrogen-bond donors (Lipinski definition) is 2. The van der Waals surface area contributed by atoms with Crippen molar-refractivity contribution in [3.63, 3.8) is 0 Å². The number of hydrogen-bond acceptors (Lipinski definition) is 2. The third-order valence-electron chi connectivity index (χ3n) is 2.59. The van der Waals surface area contributed by atoms with Gasteiger partial charge in [0.25, 0.3) is 0 Å². The molecule has 2 rings (SSSR count). The van der Waals surface area contributed by atoms with Crippen LogP contribution in [0.4, 0.5) is 0 Å². The van der Waals surface area contributed by atoms with Gasteiger partial charge >= 0.3 is 0 Å². The fourth-order valence-corrected chi connectivity index (χ4v) is 1.64. The monoisotopic (exact) mass is 189 g/mol. The van der Waals surface area contributed by atoms with Gasteiger partial charge in [-0.15, -0.1) is 0 Å². The molecule has 0 aliphatic rings. The quantitative estimate of drug-likeness (QED) is 0.776. The van der Waals surface area contributed by atoms with E-state index in [1.807, 2.05) is 18.5 Å². The molecule has 0 radical (unpaired) electrons. The molecule has 3 N–H and O–H groups in total. The lowest BCUT2D eigenvalue weighted by Crippen LogP contribution is -2.04. The summed E-state index contributed by atoms with van der Waals surface area (Å²) >= 11 is 0. The van der Waals surface area contributed by atoms with E-state index in [4.69, 9.17) is 5.73 Å². The van der Waals surface area contributed by atoms with Crippen LogP contribution in [-0.4, -0.2) is 16.5 Å². The van der Waals surface area contributed by atoms with Gasteiger partial charge < -0.3 is 10.7 Å². The van der Waals surface area contributed by atoms with E-state index in [2.05, 4.69) is 23.0 Å². The maximum absolute atomic E-state index is 5.53. The number of aromatic nitrogens is 2. The van der Waals surface area contributed by atoms with Gasteiger partial charge in [0.2, 0.25) is 0 Å². The molecular formula is C11H15N3. The molecule has 2 heterocycles. The van der Waals surface area contributed by atoms with Crippen molar-refractivity contribution in [1.82, 2.24) is 9.97 Å². The summed E-state index contributed by atoms with van der Waals surface area (Å²) in [5, 5.41) is 0. The van der Waals surface area contributed by atoms with Gasteiger partial charge in [-0.3, -0.25) is 4.98 Å². The zero-order valence-electron chi connectivity index (χ0n) is 8.33. The number of nitrogens with zero attached hydrogens (tertiary/aromatic N) is 1. The summed E-state index contributed by atoms with van der Waals surface area (Å²) in [7, 11) is 0. The van der Waals surface area contributed by atoms with Crippen LogP contribution < -0.4 is 5.73 Å². The molecule has 0 bridgehead atoms. The summed E-state index contributed by atoms with van der Waals surface area (Å²) in [6.07, 6.45) is 4.86. The highest BCUT2D eigenvalue weighted by atomic mass is 14.7. The third kappa shape index (κ3) is 1.63. The van der Waals surface area contributed by atoms with Crippen LogP contribution in [0.5, 0.6) is 0 Å². The summed E-state index contributed by atoms with van der Waals surface area (Å²) < 4.78 is 0. The minimum atomic E-state index is 0.486. The van der Waals surface area contributed by atoms with Gasteiger partial charge in [-0.2, -0.15) is 0 Å². The minimum absolute atomic E-state index is 0.486. The number of pyridine rings is 1. The Balaban J connectivity index is 2.33. The Morgan fingerprint density at radius 2 is 2.43 bits per heavy atom. The molecule has 0 saturated heterocycles. The molecule has 74 valence electrons. The molecule has 3 nitrogen and oxygen atoms in total. The molecule has 0 aromatic carbocycles. The lowest BCUT2D eigenvalue weighted by molar-refractivity contribution is 0.688. The summed E-state index contributed by atoms with van der Waals surface area (Å²) in [6.45, 7) is 2.91. The molecular weight excluding hydrogens is 174 g/mol. The van der Waals surface area contributed by atoms with E-state index in [1.54, 1.807) is 0 Å². The molecule has 0 aliphatic heterocycles. The zero-order valence-corrected chi connectivity index (χ0v) is 8.33. The second-order valence-electron chi connectivity index (χ2n) is 3.66. The average Bonchev–Trinajstić information content (AvgIpc) is 2.64. The smallest absolute Gasteiger partial charge is 0.0878 e. The van der Waals surface area contributed by atoms with E-state index < -0.39 is 0 Å². The van der Waals surface area contributed by atoms with Crippen molar-refractivity contribution in [3.8, 4) is 0 Å². The lowest BCUT2D eigenvalue weighted by atomic mass is 9.99. The van der Waals surface area contributed by atoms with Gasteiger partial charge in [-0.1, -0.05) is 6.92 Å². The third-order valence-corrected chi connectivity index (χ3v) is 2.59. The van der Waals surface area contributed by atoms with Crippen LogP contribution >= 0.6 is 0 Å². The van der Waals surface area contributed by atoms with Gasteiger partial charge in [-0.05, 0) is 36.6 Å². The fraction of sp³-hybridized carbons (Fsp3) is 0.364. The highest BCUT2D eigenvalue weighted by molar-refractivity contribution is 5.75. The van der Waals surface area contributed by atoms with Crippen molar-refractivity contribution in [1.29, 1.82) is 0 Å². The van der Waals surface area contributed by atoms with Gasteiger partial charge in [0.05, 0.1) is 11.0 Å². The minimum Gasteiger partial charge on any atom is -0.360 e. The van der Waals surface area contributed by atoms with Crippen LogP contribution in [-0.2, 0) is 0 Å². The molecule has 0 aliphatic carbocycles. The lowest BCUT2D eigenvalue weighted by Gasteiger charge is -2.09. The Bertz CT molecular complexity index is 419. The van der Waals surface area contributed by atoms with E-state index >= 15 is 0 Å². The van der Waals surface area contributed by atoms with Crippen molar-refractivity contribution in [2.24, 2.45) is 5.73 Å². The van der Waals surface area contributed by atoms with Crippen LogP contribution in [0.2, 0.25) is 0 Å². The Morgan fingerprint density at radius 3 is 3.21 bits per heavy atom. The predicted octanol–water partition coefficient (Wildman–Crippen LogP) is 2.02. The van der Waals surface area contributed by atoms with Crippen molar-refractivity contribution in [2.75, 3.05) is 6.54 Å². The van der Waals surface area contributed by atoms with Gasteiger partial charge in [-0.25, -0.2) is 0 Å². The molecule has 0 amide bonds. The van der Waals surface area contributed by atoms with E-state index in [0.717, 1.165) is 24.0 Å².